The smallest absolute Gasteiger partial charge is 0.257 e. The third kappa shape index (κ3) is 2.02. The lowest BCUT2D eigenvalue weighted by Gasteiger charge is -2.64. The first-order valence-corrected chi connectivity index (χ1v) is 7.34. The average Bonchev–Trinajstić information content (AvgIpc) is 2.64. The standard InChI is InChI=1S/C18H20N2O4/c1-21-17(22-2)15(11-10-14-8-6-5-7-9-14)16(12-19,13-20)18(17,23-3)24-4/h5-11,15H,1-4H3/b11-10-/t15-/m0/s1. The molecule has 6 nitrogen and oxygen atoms in total. The van der Waals surface area contributed by atoms with Crippen molar-refractivity contribution in [2.45, 2.75) is 11.6 Å². The van der Waals surface area contributed by atoms with Gasteiger partial charge in [0.1, 0.15) is 0 Å². The second-order valence-electron chi connectivity index (χ2n) is 5.38. The van der Waals surface area contributed by atoms with Crippen molar-refractivity contribution in [1.82, 2.24) is 0 Å². The normalized spacial score (nSPS) is 23.2. The van der Waals surface area contributed by atoms with E-state index in [1.165, 1.54) is 28.4 Å². The fourth-order valence-corrected chi connectivity index (χ4v) is 3.54. The Labute approximate surface area is 141 Å². The molecule has 0 spiro atoms. The molecule has 1 fully saturated rings. The van der Waals surface area contributed by atoms with Gasteiger partial charge < -0.3 is 18.9 Å². The molecular formula is C18H20N2O4. The van der Waals surface area contributed by atoms with Crippen LogP contribution in [0, 0.1) is 34.0 Å². The predicted octanol–water partition coefficient (Wildman–Crippen LogP) is 2.34. The van der Waals surface area contributed by atoms with E-state index >= 15 is 0 Å². The first-order valence-electron chi connectivity index (χ1n) is 7.34. The van der Waals surface area contributed by atoms with Crippen LogP contribution in [0.4, 0.5) is 0 Å². The van der Waals surface area contributed by atoms with Gasteiger partial charge in [0.05, 0.1) is 18.1 Å². The zero-order chi connectivity index (χ0) is 17.8. The lowest BCUT2D eigenvalue weighted by atomic mass is 9.51. The molecule has 1 aliphatic carbocycles. The molecule has 126 valence electrons. The van der Waals surface area contributed by atoms with Crippen molar-refractivity contribution in [3.8, 4) is 12.1 Å². The van der Waals surface area contributed by atoms with E-state index in [1.54, 1.807) is 6.08 Å². The molecule has 1 atom stereocenters. The second kappa shape index (κ2) is 6.72. The fraction of sp³-hybridized carbons (Fsp3) is 0.444. The Hall–Kier alpha value is -2.22. The Morgan fingerprint density at radius 1 is 0.917 bits per heavy atom. The highest BCUT2D eigenvalue weighted by atomic mass is 16.8. The predicted molar refractivity (Wildman–Crippen MR) is 86.1 cm³/mol. The van der Waals surface area contributed by atoms with Gasteiger partial charge in [-0.15, -0.1) is 0 Å². The van der Waals surface area contributed by atoms with E-state index in [2.05, 4.69) is 0 Å². The minimum atomic E-state index is -1.67. The van der Waals surface area contributed by atoms with Crippen molar-refractivity contribution in [3.05, 3.63) is 42.0 Å². The quantitative estimate of drug-likeness (QED) is 0.745. The van der Waals surface area contributed by atoms with Crippen LogP contribution in [0.1, 0.15) is 5.56 Å². The molecule has 0 amide bonds. The minimum absolute atomic E-state index is 0.713. The maximum Gasteiger partial charge on any atom is 0.257 e. The van der Waals surface area contributed by atoms with Crippen LogP contribution < -0.4 is 0 Å². The molecule has 24 heavy (non-hydrogen) atoms. The molecule has 0 heterocycles. The third-order valence-electron chi connectivity index (χ3n) is 4.67. The summed E-state index contributed by atoms with van der Waals surface area (Å²) >= 11 is 0. The molecule has 1 saturated carbocycles. The van der Waals surface area contributed by atoms with Crippen molar-refractivity contribution in [1.29, 1.82) is 10.5 Å². The molecular weight excluding hydrogens is 308 g/mol. The number of rotatable bonds is 6. The van der Waals surface area contributed by atoms with Crippen molar-refractivity contribution in [2.24, 2.45) is 11.3 Å². The minimum Gasteiger partial charge on any atom is -0.348 e. The van der Waals surface area contributed by atoms with Gasteiger partial charge in [0, 0.05) is 28.4 Å². The number of hydrogen-bond donors (Lipinski definition) is 0. The molecule has 1 aliphatic rings. The summed E-state index contributed by atoms with van der Waals surface area (Å²) in [5.74, 6) is -3.80. The first kappa shape index (κ1) is 18.1. The summed E-state index contributed by atoms with van der Waals surface area (Å²) < 4.78 is 22.0. The molecule has 0 radical (unpaired) electrons. The van der Waals surface area contributed by atoms with E-state index in [1.807, 2.05) is 48.5 Å². The van der Waals surface area contributed by atoms with Crippen LogP contribution in [0.3, 0.4) is 0 Å². The summed E-state index contributed by atoms with van der Waals surface area (Å²) in [6, 6.07) is 13.6. The summed E-state index contributed by atoms with van der Waals surface area (Å²) in [5.41, 5.74) is -0.691. The van der Waals surface area contributed by atoms with Crippen LogP contribution >= 0.6 is 0 Å². The van der Waals surface area contributed by atoms with Crippen molar-refractivity contribution in [2.75, 3.05) is 28.4 Å². The molecule has 1 aromatic rings. The van der Waals surface area contributed by atoms with Crippen molar-refractivity contribution < 1.29 is 18.9 Å². The summed E-state index contributed by atoms with van der Waals surface area (Å²) in [6.07, 6.45) is 3.54. The van der Waals surface area contributed by atoms with Gasteiger partial charge in [-0.3, -0.25) is 0 Å². The van der Waals surface area contributed by atoms with Gasteiger partial charge in [-0.1, -0.05) is 42.5 Å². The number of benzene rings is 1. The Balaban J connectivity index is 2.57. The van der Waals surface area contributed by atoms with Gasteiger partial charge in [-0.25, -0.2) is 0 Å². The molecule has 0 unspecified atom stereocenters. The van der Waals surface area contributed by atoms with Gasteiger partial charge in [0.25, 0.3) is 5.79 Å². The monoisotopic (exact) mass is 328 g/mol. The second-order valence-corrected chi connectivity index (χ2v) is 5.38. The van der Waals surface area contributed by atoms with Gasteiger partial charge >= 0.3 is 0 Å². The van der Waals surface area contributed by atoms with E-state index in [-0.39, 0.29) is 0 Å². The fourth-order valence-electron chi connectivity index (χ4n) is 3.54. The number of methoxy groups -OCH3 is 4. The topological polar surface area (TPSA) is 84.5 Å². The van der Waals surface area contributed by atoms with Crippen LogP contribution in [0.25, 0.3) is 6.08 Å². The Kier molecular flexibility index (Phi) is 5.08. The van der Waals surface area contributed by atoms with Gasteiger partial charge in [0.2, 0.25) is 11.2 Å². The molecule has 0 saturated heterocycles. The van der Waals surface area contributed by atoms with Crippen molar-refractivity contribution in [3.63, 3.8) is 0 Å². The molecule has 0 N–H and O–H groups in total. The Morgan fingerprint density at radius 3 is 1.88 bits per heavy atom. The molecule has 0 aliphatic heterocycles. The van der Waals surface area contributed by atoms with Crippen LogP contribution in [-0.4, -0.2) is 40.0 Å². The molecule has 1 aromatic carbocycles. The summed E-state index contributed by atoms with van der Waals surface area (Å²) in [7, 11) is 5.57. The van der Waals surface area contributed by atoms with E-state index < -0.39 is 22.9 Å². The van der Waals surface area contributed by atoms with Crippen molar-refractivity contribution >= 4 is 6.08 Å². The summed E-state index contributed by atoms with van der Waals surface area (Å²) in [5, 5.41) is 19.5. The lowest BCUT2D eigenvalue weighted by molar-refractivity contribution is -0.489. The van der Waals surface area contributed by atoms with Gasteiger partial charge in [-0.2, -0.15) is 10.5 Å². The van der Waals surface area contributed by atoms with E-state index in [0.717, 1.165) is 5.56 Å². The van der Waals surface area contributed by atoms with Crippen LogP contribution in [-0.2, 0) is 18.9 Å². The molecule has 0 bridgehead atoms. The lowest BCUT2D eigenvalue weighted by Crippen LogP contribution is -2.83. The van der Waals surface area contributed by atoms with E-state index in [4.69, 9.17) is 18.9 Å². The Morgan fingerprint density at radius 2 is 1.46 bits per heavy atom. The zero-order valence-corrected chi connectivity index (χ0v) is 14.1. The third-order valence-corrected chi connectivity index (χ3v) is 4.67. The molecule has 6 heteroatoms. The molecule has 2 rings (SSSR count). The zero-order valence-electron chi connectivity index (χ0n) is 14.1. The van der Waals surface area contributed by atoms with Crippen LogP contribution in [0.15, 0.2) is 36.4 Å². The van der Waals surface area contributed by atoms with E-state index in [0.29, 0.717) is 0 Å². The molecule has 0 aromatic heterocycles. The van der Waals surface area contributed by atoms with E-state index in [9.17, 15) is 10.5 Å². The van der Waals surface area contributed by atoms with Crippen LogP contribution in [0.2, 0.25) is 0 Å². The van der Waals surface area contributed by atoms with Gasteiger partial charge in [-0.05, 0) is 5.56 Å². The highest BCUT2D eigenvalue weighted by Crippen LogP contribution is 2.65. The summed E-state index contributed by atoms with van der Waals surface area (Å²) in [6.45, 7) is 0. The average molecular weight is 328 g/mol. The van der Waals surface area contributed by atoms with Crippen LogP contribution in [0.5, 0.6) is 0 Å². The first-order chi connectivity index (χ1) is 11.6. The number of nitrogens with zero attached hydrogens (tertiary/aromatic N) is 2. The highest BCUT2D eigenvalue weighted by Gasteiger charge is 2.85. The number of hydrogen-bond acceptors (Lipinski definition) is 6. The SMILES string of the molecule is COC1(OC)[C@@H](/C=C\c2ccccc2)C(C#N)(C#N)C1(OC)OC. The maximum atomic E-state index is 9.75. The summed E-state index contributed by atoms with van der Waals surface area (Å²) in [4.78, 5) is 0. The number of nitriles is 2. The van der Waals surface area contributed by atoms with Gasteiger partial charge in [0.15, 0.2) is 0 Å². The highest BCUT2D eigenvalue weighted by molar-refractivity contribution is 5.52. The largest absolute Gasteiger partial charge is 0.348 e. The number of ether oxygens (including phenoxy) is 4. The maximum absolute atomic E-state index is 9.75. The Bertz CT molecular complexity index is 665.